The van der Waals surface area contributed by atoms with Crippen molar-refractivity contribution in [3.05, 3.63) is 53.2 Å². The molecule has 0 saturated carbocycles. The first-order chi connectivity index (χ1) is 10.2. The SMILES string of the molecule is C=CN1Cc2nc(Br)c(F)cc2-n2cnnc2/C1=C/C#N. The Morgan fingerprint density at radius 1 is 1.52 bits per heavy atom. The summed E-state index contributed by atoms with van der Waals surface area (Å²) in [6.45, 7) is 4.08. The molecule has 0 amide bonds. The van der Waals surface area contributed by atoms with Gasteiger partial charge in [0.1, 0.15) is 10.9 Å². The fourth-order valence-corrected chi connectivity index (χ4v) is 2.48. The summed E-state index contributed by atoms with van der Waals surface area (Å²) in [6.07, 6.45) is 4.37. The molecule has 2 aromatic heterocycles. The Labute approximate surface area is 128 Å². The van der Waals surface area contributed by atoms with Crippen LogP contribution < -0.4 is 0 Å². The minimum absolute atomic E-state index is 0.132. The van der Waals surface area contributed by atoms with Crippen LogP contribution in [0.5, 0.6) is 0 Å². The van der Waals surface area contributed by atoms with E-state index in [2.05, 4.69) is 37.7 Å². The maximum absolute atomic E-state index is 13.8. The second kappa shape index (κ2) is 5.10. The highest BCUT2D eigenvalue weighted by atomic mass is 79.9. The molecule has 104 valence electrons. The molecule has 0 radical (unpaired) electrons. The molecule has 0 saturated heterocycles. The Morgan fingerprint density at radius 3 is 3.05 bits per heavy atom. The Morgan fingerprint density at radius 2 is 2.33 bits per heavy atom. The second-order valence-electron chi connectivity index (χ2n) is 4.22. The standard InChI is InChI=1S/C13H8BrFN6/c1-2-20-6-9-11(5-8(15)12(14)18-9)21-7-17-19-13(21)10(20)3-4-16/h2-3,5,7H,1,6H2/b10-3-. The molecule has 0 bridgehead atoms. The van der Waals surface area contributed by atoms with Crippen LogP contribution in [0.15, 0.2) is 35.9 Å². The molecular weight excluding hydrogens is 339 g/mol. The molecule has 2 aromatic rings. The van der Waals surface area contributed by atoms with Gasteiger partial charge < -0.3 is 4.90 Å². The van der Waals surface area contributed by atoms with Crippen molar-refractivity contribution in [3.63, 3.8) is 0 Å². The van der Waals surface area contributed by atoms with Crippen molar-refractivity contribution in [1.29, 1.82) is 5.26 Å². The molecule has 21 heavy (non-hydrogen) atoms. The summed E-state index contributed by atoms with van der Waals surface area (Å²) < 4.78 is 15.5. The van der Waals surface area contributed by atoms with Crippen LogP contribution in [0.3, 0.4) is 0 Å². The first kappa shape index (κ1) is 13.5. The van der Waals surface area contributed by atoms with E-state index in [-0.39, 0.29) is 4.60 Å². The van der Waals surface area contributed by atoms with E-state index in [4.69, 9.17) is 5.26 Å². The lowest BCUT2D eigenvalue weighted by atomic mass is 10.2. The van der Waals surface area contributed by atoms with E-state index < -0.39 is 5.82 Å². The van der Waals surface area contributed by atoms with E-state index in [0.29, 0.717) is 29.4 Å². The number of halogens is 2. The van der Waals surface area contributed by atoms with Gasteiger partial charge in [0, 0.05) is 12.1 Å². The first-order valence-electron chi connectivity index (χ1n) is 5.90. The predicted octanol–water partition coefficient (Wildman–Crippen LogP) is 2.39. The molecule has 3 rings (SSSR count). The van der Waals surface area contributed by atoms with E-state index in [1.807, 2.05) is 6.07 Å². The average Bonchev–Trinajstić information content (AvgIpc) is 2.91. The fraction of sp³-hybridized carbons (Fsp3) is 0.0769. The van der Waals surface area contributed by atoms with Gasteiger partial charge in [-0.2, -0.15) is 5.26 Å². The lowest BCUT2D eigenvalue weighted by Gasteiger charge is -2.18. The summed E-state index contributed by atoms with van der Waals surface area (Å²) in [4.78, 5) is 5.93. The third-order valence-electron chi connectivity index (χ3n) is 3.08. The van der Waals surface area contributed by atoms with Gasteiger partial charge in [-0.3, -0.25) is 4.57 Å². The van der Waals surface area contributed by atoms with Gasteiger partial charge in [-0.1, -0.05) is 6.58 Å². The van der Waals surface area contributed by atoms with Crippen molar-refractivity contribution in [1.82, 2.24) is 24.6 Å². The van der Waals surface area contributed by atoms with Crippen LogP contribution in [-0.4, -0.2) is 24.6 Å². The molecule has 0 aliphatic carbocycles. The van der Waals surface area contributed by atoms with E-state index in [9.17, 15) is 4.39 Å². The second-order valence-corrected chi connectivity index (χ2v) is 4.97. The van der Waals surface area contributed by atoms with Gasteiger partial charge >= 0.3 is 0 Å². The Bertz CT molecular complexity index is 803. The van der Waals surface area contributed by atoms with Gasteiger partial charge in [-0.15, -0.1) is 10.2 Å². The van der Waals surface area contributed by atoms with Crippen molar-refractivity contribution in [2.45, 2.75) is 6.54 Å². The number of nitriles is 1. The van der Waals surface area contributed by atoms with Crippen molar-refractivity contribution in [3.8, 4) is 11.8 Å². The van der Waals surface area contributed by atoms with Crippen LogP contribution in [-0.2, 0) is 6.54 Å². The Balaban J connectivity index is 2.32. The van der Waals surface area contributed by atoms with Gasteiger partial charge in [0.2, 0.25) is 0 Å². The largest absolute Gasteiger partial charge is 0.339 e. The summed E-state index contributed by atoms with van der Waals surface area (Å²) in [6, 6.07) is 3.33. The molecule has 0 fully saturated rings. The van der Waals surface area contributed by atoms with Crippen LogP contribution in [0.25, 0.3) is 11.4 Å². The number of hydrogen-bond donors (Lipinski definition) is 0. The Kier molecular flexibility index (Phi) is 3.27. The molecule has 8 heteroatoms. The van der Waals surface area contributed by atoms with Crippen molar-refractivity contribution < 1.29 is 4.39 Å². The maximum Gasteiger partial charge on any atom is 0.185 e. The fourth-order valence-electron chi connectivity index (χ4n) is 2.15. The zero-order valence-electron chi connectivity index (χ0n) is 10.7. The predicted molar refractivity (Wildman–Crippen MR) is 76.1 cm³/mol. The van der Waals surface area contributed by atoms with Crippen LogP contribution >= 0.6 is 15.9 Å². The number of pyridine rings is 1. The van der Waals surface area contributed by atoms with Gasteiger partial charge in [0.15, 0.2) is 11.6 Å². The van der Waals surface area contributed by atoms with Crippen LogP contribution in [0.2, 0.25) is 0 Å². The van der Waals surface area contributed by atoms with Gasteiger partial charge in [-0.25, -0.2) is 9.37 Å². The number of nitrogens with zero attached hydrogens (tertiary/aromatic N) is 6. The first-order valence-corrected chi connectivity index (χ1v) is 6.69. The molecular formula is C13H8BrFN6. The van der Waals surface area contributed by atoms with Crippen LogP contribution in [0.1, 0.15) is 11.5 Å². The summed E-state index contributed by atoms with van der Waals surface area (Å²) in [5.41, 5.74) is 1.67. The quantitative estimate of drug-likeness (QED) is 0.585. The lowest BCUT2D eigenvalue weighted by Crippen LogP contribution is -2.15. The van der Waals surface area contributed by atoms with Crippen LogP contribution in [0, 0.1) is 17.1 Å². The average molecular weight is 347 g/mol. The maximum atomic E-state index is 13.8. The topological polar surface area (TPSA) is 70.6 Å². The van der Waals surface area contributed by atoms with Gasteiger partial charge in [0.05, 0.1) is 29.7 Å². The van der Waals surface area contributed by atoms with Gasteiger partial charge in [-0.05, 0) is 22.1 Å². The van der Waals surface area contributed by atoms with E-state index in [1.165, 1.54) is 18.5 Å². The minimum atomic E-state index is -0.480. The molecule has 3 heterocycles. The lowest BCUT2D eigenvalue weighted by molar-refractivity contribution is 0.517. The van der Waals surface area contributed by atoms with Crippen molar-refractivity contribution >= 4 is 21.6 Å². The number of rotatable bonds is 1. The van der Waals surface area contributed by atoms with Crippen molar-refractivity contribution in [2.24, 2.45) is 0 Å². The van der Waals surface area contributed by atoms with E-state index in [1.54, 1.807) is 15.7 Å². The third kappa shape index (κ3) is 2.11. The molecule has 0 unspecified atom stereocenters. The highest BCUT2D eigenvalue weighted by Gasteiger charge is 2.25. The summed E-state index contributed by atoms with van der Waals surface area (Å²) in [5, 5.41) is 16.8. The monoisotopic (exact) mass is 346 g/mol. The molecule has 1 aliphatic rings. The minimum Gasteiger partial charge on any atom is -0.339 e. The van der Waals surface area contributed by atoms with E-state index >= 15 is 0 Å². The Hall–Kier alpha value is -2.53. The zero-order chi connectivity index (χ0) is 15.0. The third-order valence-corrected chi connectivity index (χ3v) is 3.63. The molecule has 0 atom stereocenters. The number of hydrogen-bond acceptors (Lipinski definition) is 5. The normalized spacial score (nSPS) is 15.1. The molecule has 1 aliphatic heterocycles. The van der Waals surface area contributed by atoms with Gasteiger partial charge in [0.25, 0.3) is 0 Å². The summed E-state index contributed by atoms with van der Waals surface area (Å²) >= 11 is 3.08. The highest BCUT2D eigenvalue weighted by molar-refractivity contribution is 9.10. The highest BCUT2D eigenvalue weighted by Crippen LogP contribution is 2.30. The number of fused-ring (bicyclic) bond motifs is 3. The zero-order valence-corrected chi connectivity index (χ0v) is 12.2. The smallest absolute Gasteiger partial charge is 0.185 e. The van der Waals surface area contributed by atoms with E-state index in [0.717, 1.165) is 0 Å². The number of allylic oxidation sites excluding steroid dienone is 1. The summed E-state index contributed by atoms with van der Waals surface area (Å²) in [7, 11) is 0. The molecule has 0 N–H and O–H groups in total. The number of aromatic nitrogens is 4. The van der Waals surface area contributed by atoms with Crippen LogP contribution in [0.4, 0.5) is 4.39 Å². The molecule has 0 spiro atoms. The summed E-state index contributed by atoms with van der Waals surface area (Å²) in [5.74, 6) is -0.0509. The van der Waals surface area contributed by atoms with Crippen molar-refractivity contribution in [2.75, 3.05) is 0 Å². The molecule has 6 nitrogen and oxygen atoms in total. The molecule has 0 aromatic carbocycles.